The van der Waals surface area contributed by atoms with Crippen LogP contribution in [0.15, 0.2) is 54.6 Å². The second-order valence-electron chi connectivity index (χ2n) is 7.11. The molecule has 0 aliphatic heterocycles. The zero-order chi connectivity index (χ0) is 24.6. The average Bonchev–Trinajstić information content (AvgIpc) is 2.81. The zero-order valence-corrected chi connectivity index (χ0v) is 18.8. The minimum atomic E-state index is -0.749. The smallest absolute Gasteiger partial charge is 0.271 e. The van der Waals surface area contributed by atoms with E-state index in [4.69, 9.17) is 23.2 Å². The number of aromatic hydroxyl groups is 1. The van der Waals surface area contributed by atoms with Crippen molar-refractivity contribution < 1.29 is 19.2 Å². The quantitative estimate of drug-likeness (QED) is 0.265. The standard InChI is InChI=1S/C22H14Cl2FN5O4/c1-29(13-6-7-17(23)18(24)10-13)22-27-19-15(20(31)26-12-4-2-11(25)3-5-12)8-14(30(33)34)9-16(19)21(32)28-22/h2-10H,1H3,(H,26,31)(H,27,28,32). The first-order chi connectivity index (χ1) is 16.1. The van der Waals surface area contributed by atoms with Crippen LogP contribution in [0.4, 0.5) is 27.4 Å². The fourth-order valence-electron chi connectivity index (χ4n) is 3.16. The van der Waals surface area contributed by atoms with E-state index in [1.165, 1.54) is 17.0 Å². The summed E-state index contributed by atoms with van der Waals surface area (Å²) in [5.74, 6) is -1.81. The van der Waals surface area contributed by atoms with Gasteiger partial charge in [0.25, 0.3) is 11.6 Å². The molecule has 2 N–H and O–H groups in total. The number of hydrogen-bond acceptors (Lipinski definition) is 7. The number of carbonyl (C=O) groups is 1. The lowest BCUT2D eigenvalue weighted by Crippen LogP contribution is -2.16. The van der Waals surface area contributed by atoms with Gasteiger partial charge in [0.1, 0.15) is 5.82 Å². The number of fused-ring (bicyclic) bond motifs is 1. The number of halogens is 3. The fourth-order valence-corrected chi connectivity index (χ4v) is 3.45. The molecule has 0 atom stereocenters. The van der Waals surface area contributed by atoms with Crippen molar-refractivity contribution in [3.8, 4) is 5.88 Å². The lowest BCUT2D eigenvalue weighted by molar-refractivity contribution is -0.384. The Labute approximate surface area is 201 Å². The number of hydrogen-bond donors (Lipinski definition) is 2. The van der Waals surface area contributed by atoms with Crippen molar-refractivity contribution in [3.05, 3.63) is 86.1 Å². The molecule has 4 rings (SSSR count). The third-order valence-corrected chi connectivity index (χ3v) is 5.64. The maximum absolute atomic E-state index is 13.2. The van der Waals surface area contributed by atoms with Crippen LogP contribution in [-0.4, -0.2) is 33.0 Å². The number of amides is 1. The average molecular weight is 502 g/mol. The summed E-state index contributed by atoms with van der Waals surface area (Å²) in [6.07, 6.45) is 0. The Morgan fingerprint density at radius 2 is 1.79 bits per heavy atom. The molecule has 9 nitrogen and oxygen atoms in total. The number of benzene rings is 3. The van der Waals surface area contributed by atoms with Crippen molar-refractivity contribution in [2.45, 2.75) is 0 Å². The van der Waals surface area contributed by atoms with E-state index in [-0.39, 0.29) is 33.1 Å². The highest BCUT2D eigenvalue weighted by atomic mass is 35.5. The van der Waals surface area contributed by atoms with Gasteiger partial charge in [-0.15, -0.1) is 0 Å². The van der Waals surface area contributed by atoms with Crippen LogP contribution in [-0.2, 0) is 0 Å². The fraction of sp³-hybridized carbons (Fsp3) is 0.0455. The van der Waals surface area contributed by atoms with Crippen molar-refractivity contribution in [3.63, 3.8) is 0 Å². The van der Waals surface area contributed by atoms with Gasteiger partial charge in [-0.2, -0.15) is 4.98 Å². The van der Waals surface area contributed by atoms with Crippen molar-refractivity contribution in [1.29, 1.82) is 0 Å². The topological polar surface area (TPSA) is 121 Å². The minimum absolute atomic E-state index is 0.00641. The number of non-ortho nitro benzene ring substituents is 1. The Balaban J connectivity index is 1.84. The van der Waals surface area contributed by atoms with Crippen molar-refractivity contribution in [2.24, 2.45) is 0 Å². The molecule has 1 amide bonds. The second-order valence-corrected chi connectivity index (χ2v) is 7.93. The van der Waals surface area contributed by atoms with E-state index >= 15 is 0 Å². The number of nitrogens with zero attached hydrogens (tertiary/aromatic N) is 4. The summed E-state index contributed by atoms with van der Waals surface area (Å²) in [6, 6.07) is 11.9. The van der Waals surface area contributed by atoms with Crippen LogP contribution in [0.1, 0.15) is 10.4 Å². The number of carbonyl (C=O) groups excluding carboxylic acids is 1. The van der Waals surface area contributed by atoms with Gasteiger partial charge in [0.15, 0.2) is 0 Å². The van der Waals surface area contributed by atoms with E-state index in [0.717, 1.165) is 24.3 Å². The monoisotopic (exact) mass is 501 g/mol. The molecule has 4 aromatic rings. The third kappa shape index (κ3) is 4.54. The van der Waals surface area contributed by atoms with Crippen LogP contribution in [0.2, 0.25) is 10.0 Å². The van der Waals surface area contributed by atoms with Crippen molar-refractivity contribution in [1.82, 2.24) is 9.97 Å². The Morgan fingerprint density at radius 3 is 2.44 bits per heavy atom. The Morgan fingerprint density at radius 1 is 1.09 bits per heavy atom. The first kappa shape index (κ1) is 23.1. The van der Waals surface area contributed by atoms with Crippen molar-refractivity contribution in [2.75, 3.05) is 17.3 Å². The van der Waals surface area contributed by atoms with Gasteiger partial charge in [-0.3, -0.25) is 14.9 Å². The maximum atomic E-state index is 13.2. The van der Waals surface area contributed by atoms with E-state index in [0.29, 0.717) is 10.7 Å². The molecule has 0 spiro atoms. The third-order valence-electron chi connectivity index (χ3n) is 4.90. The molecule has 1 heterocycles. The van der Waals surface area contributed by atoms with Gasteiger partial charge < -0.3 is 15.3 Å². The Hall–Kier alpha value is -4.02. The molecule has 0 radical (unpaired) electrons. The lowest BCUT2D eigenvalue weighted by atomic mass is 10.1. The predicted octanol–water partition coefficient (Wildman–Crippen LogP) is 5.71. The Kier molecular flexibility index (Phi) is 6.18. The van der Waals surface area contributed by atoms with Crippen LogP contribution in [0.25, 0.3) is 10.9 Å². The van der Waals surface area contributed by atoms with Gasteiger partial charge in [0.2, 0.25) is 11.8 Å². The Bertz CT molecular complexity index is 1450. The second kappa shape index (κ2) is 9.08. The highest BCUT2D eigenvalue weighted by Gasteiger charge is 2.23. The predicted molar refractivity (Wildman–Crippen MR) is 127 cm³/mol. The molecule has 0 saturated carbocycles. The van der Waals surface area contributed by atoms with Crippen LogP contribution in [0.5, 0.6) is 5.88 Å². The number of rotatable bonds is 5. The number of nitrogens with one attached hydrogen (secondary N) is 1. The largest absolute Gasteiger partial charge is 0.493 e. The normalized spacial score (nSPS) is 10.8. The molecule has 1 aromatic heterocycles. The lowest BCUT2D eigenvalue weighted by Gasteiger charge is -2.19. The van der Waals surface area contributed by atoms with E-state index in [1.54, 1.807) is 25.2 Å². The molecular weight excluding hydrogens is 488 g/mol. The summed E-state index contributed by atoms with van der Waals surface area (Å²) in [7, 11) is 1.60. The van der Waals surface area contributed by atoms with Gasteiger partial charge in [0.05, 0.1) is 31.4 Å². The summed E-state index contributed by atoms with van der Waals surface area (Å²) in [4.78, 5) is 33.6. The molecule has 3 aromatic carbocycles. The molecular formula is C22H14Cl2FN5O4. The molecule has 0 fully saturated rings. The molecule has 0 aliphatic carbocycles. The van der Waals surface area contributed by atoms with Gasteiger partial charge in [-0.1, -0.05) is 23.2 Å². The maximum Gasteiger partial charge on any atom is 0.271 e. The molecule has 12 heteroatoms. The number of anilines is 3. The summed E-state index contributed by atoms with van der Waals surface area (Å²) in [5, 5.41) is 25.1. The molecule has 172 valence electrons. The zero-order valence-electron chi connectivity index (χ0n) is 17.3. The minimum Gasteiger partial charge on any atom is -0.493 e. The summed E-state index contributed by atoms with van der Waals surface area (Å²) < 4.78 is 13.2. The van der Waals surface area contributed by atoms with Crippen LogP contribution in [0, 0.1) is 15.9 Å². The van der Waals surface area contributed by atoms with Gasteiger partial charge in [-0.05, 0) is 42.5 Å². The highest BCUT2D eigenvalue weighted by molar-refractivity contribution is 6.42. The molecule has 0 unspecified atom stereocenters. The first-order valence-corrected chi connectivity index (χ1v) is 10.3. The van der Waals surface area contributed by atoms with Gasteiger partial charge >= 0.3 is 0 Å². The summed E-state index contributed by atoms with van der Waals surface area (Å²) >= 11 is 12.0. The summed E-state index contributed by atoms with van der Waals surface area (Å²) in [6.45, 7) is 0. The molecule has 0 aliphatic rings. The van der Waals surface area contributed by atoms with Crippen molar-refractivity contribution >= 4 is 63.0 Å². The number of nitro benzene ring substituents is 1. The SMILES string of the molecule is CN(c1ccc(Cl)c(Cl)c1)c1nc(O)c2cc([N+](=O)[O-])cc(C(=O)Nc3ccc(F)cc3)c2n1. The van der Waals surface area contributed by atoms with Crippen LogP contribution < -0.4 is 10.2 Å². The number of nitro groups is 1. The molecule has 34 heavy (non-hydrogen) atoms. The van der Waals surface area contributed by atoms with E-state index < -0.39 is 28.2 Å². The van der Waals surface area contributed by atoms with Crippen LogP contribution in [0.3, 0.4) is 0 Å². The first-order valence-electron chi connectivity index (χ1n) is 9.59. The van der Waals surface area contributed by atoms with Crippen LogP contribution >= 0.6 is 23.2 Å². The molecule has 0 bridgehead atoms. The van der Waals surface area contributed by atoms with Gasteiger partial charge in [-0.25, -0.2) is 9.37 Å². The number of aromatic nitrogens is 2. The van der Waals surface area contributed by atoms with E-state index in [1.807, 2.05) is 0 Å². The van der Waals surface area contributed by atoms with Gasteiger partial charge in [0, 0.05) is 30.6 Å². The van der Waals surface area contributed by atoms with E-state index in [9.17, 15) is 24.4 Å². The molecule has 0 saturated heterocycles. The highest BCUT2D eigenvalue weighted by Crippen LogP contribution is 2.34. The van der Waals surface area contributed by atoms with E-state index in [2.05, 4.69) is 15.3 Å². The summed E-state index contributed by atoms with van der Waals surface area (Å²) in [5.41, 5.74) is 0.140.